The molecule has 0 spiro atoms. The molecule has 0 saturated carbocycles. The van der Waals surface area contributed by atoms with Gasteiger partial charge in [-0.05, 0) is 83.0 Å². The van der Waals surface area contributed by atoms with Gasteiger partial charge >= 0.3 is 0 Å². The molecule has 1 amide bonds. The first-order chi connectivity index (χ1) is 12.5. The molecule has 2 aliphatic heterocycles. The highest BCUT2D eigenvalue weighted by Gasteiger charge is 2.25. The largest absolute Gasteiger partial charge is 0.339 e. The van der Waals surface area contributed by atoms with Crippen molar-refractivity contribution in [1.29, 1.82) is 0 Å². The van der Waals surface area contributed by atoms with Crippen LogP contribution >= 0.6 is 0 Å². The first-order valence-corrected chi connectivity index (χ1v) is 9.98. The fraction of sp³-hybridized carbons (Fsp3) is 0.667. The Morgan fingerprint density at radius 2 is 1.73 bits per heavy atom. The predicted octanol–water partition coefficient (Wildman–Crippen LogP) is 3.17. The van der Waals surface area contributed by atoms with Crippen molar-refractivity contribution in [1.82, 2.24) is 19.8 Å². The monoisotopic (exact) mass is 356 g/mol. The lowest BCUT2D eigenvalue weighted by atomic mass is 9.90. The Labute approximate surface area is 157 Å². The zero-order valence-corrected chi connectivity index (χ0v) is 16.3. The number of carbonyl (C=O) groups excluding carboxylic acids is 1. The molecule has 0 radical (unpaired) electrons. The number of hydrogen-bond acceptors (Lipinski definition) is 4. The summed E-state index contributed by atoms with van der Waals surface area (Å²) in [4.78, 5) is 25.2. The SMILES string of the molecule is C=C(C)C(=O)N1CCC(CCN2CCC(c3cnc(C)nc3)CC2)CC1. The second-order valence-electron chi connectivity index (χ2n) is 7.98. The third-order valence-corrected chi connectivity index (χ3v) is 5.98. The molecule has 0 atom stereocenters. The van der Waals surface area contributed by atoms with Crippen molar-refractivity contribution >= 4 is 5.91 Å². The molecule has 2 aliphatic rings. The smallest absolute Gasteiger partial charge is 0.248 e. The summed E-state index contributed by atoms with van der Waals surface area (Å²) in [6.45, 7) is 12.8. The van der Waals surface area contributed by atoms with E-state index in [1.165, 1.54) is 44.5 Å². The molecule has 2 fully saturated rings. The maximum Gasteiger partial charge on any atom is 0.248 e. The normalized spacial score (nSPS) is 20.3. The van der Waals surface area contributed by atoms with Gasteiger partial charge in [0.05, 0.1) is 0 Å². The van der Waals surface area contributed by atoms with E-state index in [2.05, 4.69) is 21.4 Å². The molecular weight excluding hydrogens is 324 g/mol. The molecule has 3 heterocycles. The summed E-state index contributed by atoms with van der Waals surface area (Å²) in [5.74, 6) is 2.35. The predicted molar refractivity (Wildman–Crippen MR) is 104 cm³/mol. The molecule has 5 nitrogen and oxygen atoms in total. The fourth-order valence-corrected chi connectivity index (χ4v) is 4.16. The molecule has 0 aromatic carbocycles. The number of carbonyl (C=O) groups is 1. The van der Waals surface area contributed by atoms with Crippen LogP contribution in [-0.2, 0) is 4.79 Å². The van der Waals surface area contributed by atoms with Crippen molar-refractivity contribution in [2.75, 3.05) is 32.7 Å². The summed E-state index contributed by atoms with van der Waals surface area (Å²) in [6, 6.07) is 0. The van der Waals surface area contributed by atoms with Gasteiger partial charge in [0.1, 0.15) is 5.82 Å². The maximum absolute atomic E-state index is 12.0. The van der Waals surface area contributed by atoms with E-state index in [0.29, 0.717) is 11.5 Å². The molecule has 5 heteroatoms. The highest BCUT2D eigenvalue weighted by molar-refractivity contribution is 5.92. The van der Waals surface area contributed by atoms with Crippen molar-refractivity contribution in [3.8, 4) is 0 Å². The van der Waals surface area contributed by atoms with Gasteiger partial charge in [0.15, 0.2) is 0 Å². The lowest BCUT2D eigenvalue weighted by Gasteiger charge is -2.35. The molecule has 0 bridgehead atoms. The van der Waals surface area contributed by atoms with Crippen LogP contribution in [0.4, 0.5) is 0 Å². The molecule has 1 aromatic heterocycles. The van der Waals surface area contributed by atoms with Gasteiger partial charge in [-0.3, -0.25) is 4.79 Å². The Kier molecular flexibility index (Phi) is 6.41. The molecule has 26 heavy (non-hydrogen) atoms. The molecule has 3 rings (SSSR count). The van der Waals surface area contributed by atoms with Crippen LogP contribution in [0.5, 0.6) is 0 Å². The third kappa shape index (κ3) is 4.91. The van der Waals surface area contributed by atoms with Crippen LogP contribution in [-0.4, -0.2) is 58.4 Å². The highest BCUT2D eigenvalue weighted by Crippen LogP contribution is 2.28. The van der Waals surface area contributed by atoms with Gasteiger partial charge in [0.25, 0.3) is 0 Å². The summed E-state index contributed by atoms with van der Waals surface area (Å²) >= 11 is 0. The number of nitrogens with zero attached hydrogens (tertiary/aromatic N) is 4. The standard InChI is InChI=1S/C21H32N4O/c1-16(2)21(26)25-12-5-18(6-13-25)4-9-24-10-7-19(8-11-24)20-14-22-17(3)23-15-20/h14-15,18-19H,1,4-13H2,2-3H3. The summed E-state index contributed by atoms with van der Waals surface area (Å²) < 4.78 is 0. The number of rotatable bonds is 5. The maximum atomic E-state index is 12.0. The molecule has 0 N–H and O–H groups in total. The average Bonchev–Trinajstić information content (AvgIpc) is 2.67. The Bertz CT molecular complexity index is 611. The van der Waals surface area contributed by atoms with Crippen LogP contribution < -0.4 is 0 Å². The number of hydrogen-bond donors (Lipinski definition) is 0. The van der Waals surface area contributed by atoms with E-state index in [1.807, 2.05) is 24.2 Å². The first-order valence-electron chi connectivity index (χ1n) is 9.98. The molecule has 1 aromatic rings. The number of amides is 1. The molecule has 142 valence electrons. The molecule has 0 aliphatic carbocycles. The Morgan fingerprint density at radius 3 is 2.31 bits per heavy atom. The molecule has 2 saturated heterocycles. The lowest BCUT2D eigenvalue weighted by Crippen LogP contribution is -2.40. The highest BCUT2D eigenvalue weighted by atomic mass is 16.2. The van der Waals surface area contributed by atoms with Gasteiger partial charge in [-0.1, -0.05) is 6.58 Å². The number of aryl methyl sites for hydroxylation is 1. The van der Waals surface area contributed by atoms with Gasteiger partial charge in [0, 0.05) is 31.1 Å². The molecular formula is C21H32N4O. The van der Waals surface area contributed by atoms with E-state index in [-0.39, 0.29) is 5.91 Å². The van der Waals surface area contributed by atoms with Crippen molar-refractivity contribution in [2.45, 2.75) is 51.9 Å². The lowest BCUT2D eigenvalue weighted by molar-refractivity contribution is -0.128. The third-order valence-electron chi connectivity index (χ3n) is 5.98. The fourth-order valence-electron chi connectivity index (χ4n) is 4.16. The van der Waals surface area contributed by atoms with Crippen LogP contribution in [0.15, 0.2) is 24.5 Å². The first kappa shape index (κ1) is 19.0. The number of aromatic nitrogens is 2. The van der Waals surface area contributed by atoms with Crippen molar-refractivity contribution in [3.05, 3.63) is 35.9 Å². The minimum atomic E-state index is 0.130. The van der Waals surface area contributed by atoms with E-state index in [4.69, 9.17) is 0 Å². The quantitative estimate of drug-likeness (QED) is 0.761. The second kappa shape index (κ2) is 8.76. The van der Waals surface area contributed by atoms with Gasteiger partial charge in [0.2, 0.25) is 5.91 Å². The van der Waals surface area contributed by atoms with Gasteiger partial charge in [-0.15, -0.1) is 0 Å². The summed E-state index contributed by atoms with van der Waals surface area (Å²) in [5, 5.41) is 0. The van der Waals surface area contributed by atoms with Gasteiger partial charge < -0.3 is 9.80 Å². The zero-order chi connectivity index (χ0) is 18.5. The van der Waals surface area contributed by atoms with Gasteiger partial charge in [-0.25, -0.2) is 9.97 Å². The van der Waals surface area contributed by atoms with Crippen molar-refractivity contribution in [3.63, 3.8) is 0 Å². The van der Waals surface area contributed by atoms with E-state index < -0.39 is 0 Å². The Hall–Kier alpha value is -1.75. The topological polar surface area (TPSA) is 49.3 Å². The number of piperidine rings is 2. The van der Waals surface area contributed by atoms with Gasteiger partial charge in [-0.2, -0.15) is 0 Å². The number of likely N-dealkylation sites (tertiary alicyclic amines) is 2. The summed E-state index contributed by atoms with van der Waals surface area (Å²) in [5.41, 5.74) is 1.95. The van der Waals surface area contributed by atoms with Crippen LogP contribution in [0.3, 0.4) is 0 Å². The second-order valence-corrected chi connectivity index (χ2v) is 7.98. The van der Waals surface area contributed by atoms with Crippen molar-refractivity contribution < 1.29 is 4.79 Å². The Morgan fingerprint density at radius 1 is 1.12 bits per heavy atom. The minimum Gasteiger partial charge on any atom is -0.339 e. The van der Waals surface area contributed by atoms with Crippen LogP contribution in [0.2, 0.25) is 0 Å². The van der Waals surface area contributed by atoms with E-state index in [0.717, 1.165) is 37.7 Å². The van der Waals surface area contributed by atoms with E-state index in [1.54, 1.807) is 6.92 Å². The average molecular weight is 357 g/mol. The Balaban J connectivity index is 1.36. The van der Waals surface area contributed by atoms with Crippen molar-refractivity contribution in [2.24, 2.45) is 5.92 Å². The van der Waals surface area contributed by atoms with Crippen LogP contribution in [0.25, 0.3) is 0 Å². The molecule has 0 unspecified atom stereocenters. The zero-order valence-electron chi connectivity index (χ0n) is 16.3. The van der Waals surface area contributed by atoms with E-state index in [9.17, 15) is 4.79 Å². The van der Waals surface area contributed by atoms with E-state index >= 15 is 0 Å². The van der Waals surface area contributed by atoms with Crippen LogP contribution in [0.1, 0.15) is 56.3 Å². The van der Waals surface area contributed by atoms with Crippen LogP contribution in [0, 0.1) is 12.8 Å². The minimum absolute atomic E-state index is 0.130. The summed E-state index contributed by atoms with van der Waals surface area (Å²) in [6.07, 6.45) is 9.95. The summed E-state index contributed by atoms with van der Waals surface area (Å²) in [7, 11) is 0.